The van der Waals surface area contributed by atoms with Gasteiger partial charge in [-0.05, 0) is 25.1 Å². The number of amides is 1. The number of carbonyl (C=O) groups is 1. The third-order valence-corrected chi connectivity index (χ3v) is 5.15. The van der Waals surface area contributed by atoms with E-state index in [9.17, 15) is 4.79 Å². The van der Waals surface area contributed by atoms with Crippen LogP contribution >= 0.6 is 0 Å². The molecule has 1 aromatic carbocycles. The predicted octanol–water partition coefficient (Wildman–Crippen LogP) is 2.84. The molecule has 1 aliphatic rings. The first kappa shape index (κ1) is 15.7. The normalized spacial score (nSPS) is 15.0. The van der Waals surface area contributed by atoms with Gasteiger partial charge in [-0.15, -0.1) is 0 Å². The number of hydrogen-bond donors (Lipinski definition) is 0. The zero-order valence-corrected chi connectivity index (χ0v) is 14.6. The van der Waals surface area contributed by atoms with Crippen molar-refractivity contribution in [2.24, 2.45) is 7.05 Å². The zero-order valence-electron chi connectivity index (χ0n) is 14.6. The summed E-state index contributed by atoms with van der Waals surface area (Å²) in [6.45, 7) is 5.09. The van der Waals surface area contributed by atoms with Crippen LogP contribution in [0, 0.1) is 6.92 Å². The molecule has 25 heavy (non-hydrogen) atoms. The van der Waals surface area contributed by atoms with Crippen molar-refractivity contribution in [3.8, 4) is 0 Å². The van der Waals surface area contributed by atoms with E-state index in [2.05, 4.69) is 20.5 Å². The number of hydrogen-bond acceptors (Lipinski definition) is 3. The first-order chi connectivity index (χ1) is 12.2. The maximum Gasteiger partial charge on any atom is 0.256 e. The molecule has 0 bridgehead atoms. The highest BCUT2D eigenvalue weighted by Crippen LogP contribution is 2.26. The molecular formula is C20H22N4O. The zero-order chi connectivity index (χ0) is 17.4. The molecule has 3 aromatic rings. The quantitative estimate of drug-likeness (QED) is 0.724. The Morgan fingerprint density at radius 3 is 2.44 bits per heavy atom. The minimum Gasteiger partial charge on any atom is -0.353 e. The van der Waals surface area contributed by atoms with Gasteiger partial charge in [0.05, 0.1) is 5.56 Å². The molecule has 0 saturated carbocycles. The molecule has 5 nitrogen and oxygen atoms in total. The van der Waals surface area contributed by atoms with Crippen LogP contribution in [0.15, 0.2) is 48.7 Å². The highest BCUT2D eigenvalue weighted by Gasteiger charge is 2.26. The lowest BCUT2D eigenvalue weighted by molar-refractivity contribution is 0.0747. The molecule has 0 N–H and O–H groups in total. The molecule has 1 amide bonds. The molecule has 5 heteroatoms. The third kappa shape index (κ3) is 2.65. The molecule has 1 aliphatic heterocycles. The molecule has 128 valence electrons. The second kappa shape index (κ2) is 6.24. The van der Waals surface area contributed by atoms with Gasteiger partial charge in [0.2, 0.25) is 0 Å². The summed E-state index contributed by atoms with van der Waals surface area (Å²) in [5.74, 6) is 1.12. The molecule has 2 aromatic heterocycles. The smallest absolute Gasteiger partial charge is 0.256 e. The summed E-state index contributed by atoms with van der Waals surface area (Å²) in [5, 5.41) is 1.04. The van der Waals surface area contributed by atoms with E-state index in [0.717, 1.165) is 54.2 Å². The van der Waals surface area contributed by atoms with E-state index < -0.39 is 0 Å². The molecule has 3 heterocycles. The van der Waals surface area contributed by atoms with E-state index in [0.29, 0.717) is 0 Å². The maximum atomic E-state index is 13.2. The summed E-state index contributed by atoms with van der Waals surface area (Å²) in [4.78, 5) is 21.8. The number of piperazine rings is 1. The molecule has 0 radical (unpaired) electrons. The van der Waals surface area contributed by atoms with Gasteiger partial charge in [0, 0.05) is 56.0 Å². The van der Waals surface area contributed by atoms with Gasteiger partial charge in [0.1, 0.15) is 5.82 Å². The highest BCUT2D eigenvalue weighted by molar-refractivity contribution is 6.08. The lowest BCUT2D eigenvalue weighted by atomic mass is 10.1. The van der Waals surface area contributed by atoms with Crippen LogP contribution in [0.2, 0.25) is 0 Å². The number of aryl methyl sites for hydroxylation is 1. The number of benzene rings is 1. The van der Waals surface area contributed by atoms with Crippen LogP contribution in [-0.4, -0.2) is 46.5 Å². The molecule has 0 atom stereocenters. The molecule has 0 spiro atoms. The maximum absolute atomic E-state index is 13.2. The Morgan fingerprint density at radius 1 is 1.00 bits per heavy atom. The Kier molecular flexibility index (Phi) is 3.92. The highest BCUT2D eigenvalue weighted by atomic mass is 16.2. The summed E-state index contributed by atoms with van der Waals surface area (Å²) in [5.41, 5.74) is 2.97. The number of para-hydroxylation sites is 1. The number of anilines is 1. The van der Waals surface area contributed by atoms with Gasteiger partial charge in [-0.25, -0.2) is 4.98 Å². The molecule has 0 aliphatic carbocycles. The van der Waals surface area contributed by atoms with E-state index in [1.807, 2.05) is 61.5 Å². The summed E-state index contributed by atoms with van der Waals surface area (Å²) >= 11 is 0. The van der Waals surface area contributed by atoms with Crippen molar-refractivity contribution in [2.45, 2.75) is 6.92 Å². The summed E-state index contributed by atoms with van der Waals surface area (Å²) in [6.07, 6.45) is 1.81. The number of carbonyl (C=O) groups excluding carboxylic acids is 1. The largest absolute Gasteiger partial charge is 0.353 e. The molecule has 4 rings (SSSR count). The number of pyridine rings is 1. The lowest BCUT2D eigenvalue weighted by Crippen LogP contribution is -2.49. The number of nitrogens with zero attached hydrogens (tertiary/aromatic N) is 4. The van der Waals surface area contributed by atoms with Crippen LogP contribution < -0.4 is 4.90 Å². The first-order valence-corrected chi connectivity index (χ1v) is 8.66. The Morgan fingerprint density at radius 2 is 1.72 bits per heavy atom. The van der Waals surface area contributed by atoms with Crippen LogP contribution in [0.3, 0.4) is 0 Å². The standard InChI is InChI=1S/C20H22N4O/c1-15-19(16-7-3-4-8-17(16)22(15)2)20(25)24-13-11-23(12-14-24)18-9-5-6-10-21-18/h3-10H,11-14H2,1-2H3. The minimum absolute atomic E-state index is 0.134. The predicted molar refractivity (Wildman–Crippen MR) is 100 cm³/mol. The molecule has 1 saturated heterocycles. The van der Waals surface area contributed by atoms with Crippen molar-refractivity contribution in [2.75, 3.05) is 31.1 Å². The van der Waals surface area contributed by atoms with Gasteiger partial charge < -0.3 is 14.4 Å². The van der Waals surface area contributed by atoms with Gasteiger partial charge in [-0.2, -0.15) is 0 Å². The van der Waals surface area contributed by atoms with Gasteiger partial charge in [0.25, 0.3) is 5.91 Å². The second-order valence-corrected chi connectivity index (χ2v) is 6.50. The first-order valence-electron chi connectivity index (χ1n) is 8.66. The third-order valence-electron chi connectivity index (χ3n) is 5.15. The van der Waals surface area contributed by atoms with Crippen LogP contribution in [0.5, 0.6) is 0 Å². The van der Waals surface area contributed by atoms with E-state index in [1.54, 1.807) is 0 Å². The summed E-state index contributed by atoms with van der Waals surface area (Å²) < 4.78 is 2.10. The number of rotatable bonds is 2. The van der Waals surface area contributed by atoms with Crippen LogP contribution in [0.25, 0.3) is 10.9 Å². The molecule has 0 unspecified atom stereocenters. The van der Waals surface area contributed by atoms with Crippen molar-refractivity contribution in [1.29, 1.82) is 0 Å². The minimum atomic E-state index is 0.134. The topological polar surface area (TPSA) is 41.4 Å². The average molecular weight is 334 g/mol. The summed E-state index contributed by atoms with van der Waals surface area (Å²) in [6, 6.07) is 14.1. The SMILES string of the molecule is Cc1c(C(=O)N2CCN(c3ccccn3)CC2)c2ccccc2n1C. The van der Waals surface area contributed by atoms with Crippen LogP contribution in [-0.2, 0) is 7.05 Å². The van der Waals surface area contributed by atoms with Gasteiger partial charge in [0.15, 0.2) is 0 Å². The van der Waals surface area contributed by atoms with Crippen LogP contribution in [0.1, 0.15) is 16.1 Å². The number of aromatic nitrogens is 2. The molecule has 1 fully saturated rings. The van der Waals surface area contributed by atoms with E-state index in [1.165, 1.54) is 0 Å². The second-order valence-electron chi connectivity index (χ2n) is 6.50. The Labute approximate surface area is 147 Å². The van der Waals surface area contributed by atoms with Crippen molar-refractivity contribution in [1.82, 2.24) is 14.5 Å². The van der Waals surface area contributed by atoms with E-state index >= 15 is 0 Å². The Hall–Kier alpha value is -2.82. The van der Waals surface area contributed by atoms with Gasteiger partial charge in [-0.1, -0.05) is 24.3 Å². The average Bonchev–Trinajstić information content (AvgIpc) is 2.93. The van der Waals surface area contributed by atoms with Crippen molar-refractivity contribution < 1.29 is 4.79 Å². The van der Waals surface area contributed by atoms with Crippen LogP contribution in [0.4, 0.5) is 5.82 Å². The van der Waals surface area contributed by atoms with Crippen molar-refractivity contribution in [3.63, 3.8) is 0 Å². The molecular weight excluding hydrogens is 312 g/mol. The summed E-state index contributed by atoms with van der Waals surface area (Å²) in [7, 11) is 2.02. The van der Waals surface area contributed by atoms with Gasteiger partial charge >= 0.3 is 0 Å². The fraction of sp³-hybridized carbons (Fsp3) is 0.300. The Balaban J connectivity index is 1.56. The van der Waals surface area contributed by atoms with Crippen molar-refractivity contribution >= 4 is 22.6 Å². The van der Waals surface area contributed by atoms with Gasteiger partial charge in [-0.3, -0.25) is 4.79 Å². The fourth-order valence-corrected chi connectivity index (χ4v) is 3.63. The van der Waals surface area contributed by atoms with Crippen molar-refractivity contribution in [3.05, 3.63) is 59.9 Å². The van der Waals surface area contributed by atoms with E-state index in [4.69, 9.17) is 0 Å². The Bertz CT molecular complexity index is 908. The fourth-order valence-electron chi connectivity index (χ4n) is 3.63. The monoisotopic (exact) mass is 334 g/mol. The lowest BCUT2D eigenvalue weighted by Gasteiger charge is -2.35. The van der Waals surface area contributed by atoms with E-state index in [-0.39, 0.29) is 5.91 Å². The number of fused-ring (bicyclic) bond motifs is 1.